The second kappa shape index (κ2) is 17.8. The summed E-state index contributed by atoms with van der Waals surface area (Å²) in [5.74, 6) is -0.897. The number of rotatable bonds is 12. The third kappa shape index (κ3) is 8.85. The van der Waals surface area contributed by atoms with Gasteiger partial charge in [-0.15, -0.1) is 90.0 Å². The van der Waals surface area contributed by atoms with E-state index in [2.05, 4.69) is 33.2 Å². The quantitative estimate of drug-likeness (QED) is 0.115. The van der Waals surface area contributed by atoms with E-state index in [-0.39, 0.29) is 53.9 Å². The van der Waals surface area contributed by atoms with Crippen molar-refractivity contribution in [1.29, 1.82) is 0 Å². The Hall–Kier alpha value is -6.07. The maximum absolute atomic E-state index is 15.0. The molecule has 0 aliphatic carbocycles. The summed E-state index contributed by atoms with van der Waals surface area (Å²) in [7, 11) is 0. The van der Waals surface area contributed by atoms with Crippen LogP contribution in [0.15, 0.2) is 144 Å². The minimum Gasteiger partial charge on any atom is -0.498 e. The molecule has 0 bridgehead atoms. The second-order valence-electron chi connectivity index (χ2n) is 13.0. The molecule has 0 spiro atoms. The van der Waals surface area contributed by atoms with Crippen LogP contribution in [0.1, 0.15) is 70.6 Å². The molecule has 6 heteroatoms. The Bertz CT molecular complexity index is 3580. The molecule has 290 valence electrons. The third-order valence-electron chi connectivity index (χ3n) is 9.11. The molecule has 5 aromatic carbocycles. The van der Waals surface area contributed by atoms with E-state index in [1.165, 1.54) is 42.5 Å². The van der Waals surface area contributed by atoms with Crippen molar-refractivity contribution >= 4 is 21.9 Å². The maximum Gasteiger partial charge on any atom is 3.00 e. The van der Waals surface area contributed by atoms with Crippen molar-refractivity contribution < 1.29 is 55.0 Å². The first-order valence-corrected chi connectivity index (χ1v) is 17.9. The van der Waals surface area contributed by atoms with E-state index in [9.17, 15) is 20.8 Å². The molecule has 4 heterocycles. The summed E-state index contributed by atoms with van der Waals surface area (Å²) >= 11 is 0. The number of fused-ring (bicyclic) bond motifs is 3. The van der Waals surface area contributed by atoms with Crippen LogP contribution in [-0.2, 0) is 58.3 Å². The number of para-hydroxylation sites is 1. The van der Waals surface area contributed by atoms with Crippen LogP contribution in [0.25, 0.3) is 55.7 Å². The molecule has 0 atom stereocenters. The van der Waals surface area contributed by atoms with E-state index in [1.54, 1.807) is 42.5 Å². The van der Waals surface area contributed by atoms with Gasteiger partial charge < -0.3 is 19.4 Å². The molecule has 59 heavy (non-hydrogen) atoms. The van der Waals surface area contributed by atoms with E-state index < -0.39 is 108 Å². The van der Waals surface area contributed by atoms with Crippen molar-refractivity contribution in [1.82, 2.24) is 15.0 Å². The fourth-order valence-electron chi connectivity index (χ4n) is 6.26. The Morgan fingerprint density at radius 1 is 0.576 bits per heavy atom. The molecule has 0 amide bonds. The number of aromatic nitrogens is 3. The van der Waals surface area contributed by atoms with Crippen molar-refractivity contribution in [3.05, 3.63) is 208 Å². The Morgan fingerprint density at radius 2 is 1.15 bits per heavy atom. The fraction of sp³-hybridized carbons (Fsp3) is 0.151. The van der Waals surface area contributed by atoms with Gasteiger partial charge >= 0.3 is 20.1 Å². The molecule has 0 radical (unpaired) electrons. The minimum atomic E-state index is -3.51. The first kappa shape index (κ1) is 22.9. The van der Waals surface area contributed by atoms with Gasteiger partial charge in [-0.25, -0.2) is 4.39 Å². The zero-order valence-electron chi connectivity index (χ0n) is 49.7. The molecule has 0 aliphatic rings. The van der Waals surface area contributed by atoms with Crippen molar-refractivity contribution in [2.24, 2.45) is 0 Å². The average molecular weight is 966 g/mol. The Balaban J connectivity index is 0.00000803. The van der Waals surface area contributed by atoms with Gasteiger partial charge in [-0.2, -0.15) is 0 Å². The first-order valence-electron chi connectivity index (χ1n) is 27.4. The summed E-state index contributed by atoms with van der Waals surface area (Å²) in [4.78, 5) is 12.9. The number of halogens is 1. The van der Waals surface area contributed by atoms with E-state index in [4.69, 9.17) is 14.0 Å². The second-order valence-corrected chi connectivity index (χ2v) is 13.0. The number of pyridine rings is 3. The largest absolute Gasteiger partial charge is 3.00 e. The first-order chi connectivity index (χ1) is 35.8. The van der Waals surface area contributed by atoms with E-state index in [0.29, 0.717) is 28.0 Å². The minimum absolute atomic E-state index is 0. The van der Waals surface area contributed by atoms with E-state index >= 15 is 0 Å². The van der Waals surface area contributed by atoms with Gasteiger partial charge in [-0.1, -0.05) is 76.7 Å². The van der Waals surface area contributed by atoms with E-state index in [1.807, 2.05) is 0 Å². The van der Waals surface area contributed by atoms with Crippen LogP contribution in [0.5, 0.6) is 0 Å². The topological polar surface area (TPSA) is 51.8 Å². The molecule has 0 unspecified atom stereocenters. The summed E-state index contributed by atoms with van der Waals surface area (Å²) in [5, 5.41) is 0.821. The Morgan fingerprint density at radius 3 is 1.71 bits per heavy atom. The van der Waals surface area contributed by atoms with Gasteiger partial charge in [0, 0.05) is 48.7 Å². The van der Waals surface area contributed by atoms with Crippen molar-refractivity contribution in [2.75, 3.05) is 0 Å². The summed E-state index contributed by atoms with van der Waals surface area (Å²) < 4.78 is 192. The van der Waals surface area contributed by atoms with Crippen molar-refractivity contribution in [3.63, 3.8) is 0 Å². The van der Waals surface area contributed by atoms with Gasteiger partial charge in [0.2, 0.25) is 0 Å². The van der Waals surface area contributed by atoms with Crippen LogP contribution >= 0.6 is 0 Å². The van der Waals surface area contributed by atoms with Gasteiger partial charge in [0.15, 0.2) is 11.4 Å². The zero-order chi connectivity index (χ0) is 56.1. The summed E-state index contributed by atoms with van der Waals surface area (Å²) in [6.07, 6.45) is -17.8. The van der Waals surface area contributed by atoms with Crippen LogP contribution in [0.4, 0.5) is 4.39 Å². The molecule has 4 nitrogen and oxygen atoms in total. The number of benzene rings is 5. The number of hydrogen-bond donors (Lipinski definition) is 0. The van der Waals surface area contributed by atoms with Gasteiger partial charge in [-0.05, 0) is 108 Å². The van der Waals surface area contributed by atoms with Gasteiger partial charge in [0.05, 0.1) is 6.95 Å². The normalized spacial score (nSPS) is 17.9. The van der Waals surface area contributed by atoms with Crippen LogP contribution in [0.3, 0.4) is 0 Å². The summed E-state index contributed by atoms with van der Waals surface area (Å²) in [6.45, 7) is -6.18. The average Bonchev–Trinajstić information content (AvgIpc) is 3.93. The molecule has 0 N–H and O–H groups in total. The molecule has 9 aromatic rings. The van der Waals surface area contributed by atoms with Gasteiger partial charge in [0.1, 0.15) is 0 Å². The Kier molecular flexibility index (Phi) is 6.92. The molecular weight excluding hydrogens is 906 g/mol. The van der Waals surface area contributed by atoms with Crippen LogP contribution in [0, 0.1) is 37.7 Å². The molecule has 0 aliphatic heterocycles. The number of nitrogens with zero attached hydrogens (tertiary/aromatic N) is 3. The summed E-state index contributed by atoms with van der Waals surface area (Å²) in [6, 6.07) is 33.9. The predicted octanol–water partition coefficient (Wildman–Crippen LogP) is 12.3. The fourth-order valence-corrected chi connectivity index (χ4v) is 6.26. The number of aryl methyl sites for hydroxylation is 8. The smallest absolute Gasteiger partial charge is 0.498 e. The van der Waals surface area contributed by atoms with E-state index in [0.717, 1.165) is 42.9 Å². The van der Waals surface area contributed by atoms with Gasteiger partial charge in [0.25, 0.3) is 0 Å². The zero-order valence-corrected chi connectivity index (χ0v) is 33.1. The molecule has 0 fully saturated rings. The van der Waals surface area contributed by atoms with Crippen LogP contribution in [-0.4, -0.2) is 15.0 Å². The SMILES string of the molecule is [2H]c1ccc2c(oc3c(-c4ccc(C([2H])([2H])C([2H])([2H])c5cc(C([2H])([2H])C([2H])([2H])c6cnc(-c7[c-]cccc7)cc6C([2H])([2H])[2H])cc(C([2H])([2H])C([2H])([2H])c6cnc(-c7[c-]cccc7)cc6C([2H])([2H])[2H])c5)cn4)[c-]ccc32)c1F.[Ir+3]. The molecule has 9 rings (SSSR count). The standard InChI is InChI=1S/C53H41FN3O.Ir/c1-35-27-50(41-11-5-3-6-12-41)56-33-43(35)24-21-39-29-38(30-40(31-39)22-25-44-34-57-51(28-36(44)2)42-13-7-4-8-14-42)20-19-37-23-26-49(55-32-37)47-17-9-15-45-46-16-10-18-48(54)53(46)58-52(45)47;/h3-11,13,15-16,18,23,26-34H,19-22,24-25H2,1-2H3;/q-3;+3/i1D3,2D3,18D,19D2,20D2,21D2,22D2,24D2,25D2;. The molecule has 4 aromatic heterocycles. The van der Waals surface area contributed by atoms with Crippen LogP contribution < -0.4 is 0 Å². The number of furan rings is 1. The molecule has 0 saturated carbocycles. The Labute approximate surface area is 385 Å². The van der Waals surface area contributed by atoms with Crippen LogP contribution in [0.2, 0.25) is 0 Å². The monoisotopic (exact) mass is 966 g/mol. The third-order valence-corrected chi connectivity index (χ3v) is 9.11. The predicted molar refractivity (Wildman–Crippen MR) is 231 cm³/mol. The maximum atomic E-state index is 15.0. The number of hydrogen-bond acceptors (Lipinski definition) is 4. The summed E-state index contributed by atoms with van der Waals surface area (Å²) in [5.41, 5.74) is -4.89. The van der Waals surface area contributed by atoms with Crippen molar-refractivity contribution in [3.8, 4) is 33.8 Å². The molecule has 0 saturated heterocycles. The molecular formula is C53H41FIrN3O. The van der Waals surface area contributed by atoms with Gasteiger partial charge in [-0.3, -0.25) is 0 Å². The van der Waals surface area contributed by atoms with Crippen molar-refractivity contribution in [2.45, 2.75) is 51.9 Å².